The first-order valence-electron chi connectivity index (χ1n) is 5.46. The molecule has 1 nitrogen and oxygen atoms in total. The molecule has 14 heavy (non-hydrogen) atoms. The summed E-state index contributed by atoms with van der Waals surface area (Å²) in [4.78, 5) is 0. The van der Waals surface area contributed by atoms with Crippen LogP contribution in [0.3, 0.4) is 0 Å². The van der Waals surface area contributed by atoms with Gasteiger partial charge in [-0.1, -0.05) is 36.0 Å². The van der Waals surface area contributed by atoms with Crippen molar-refractivity contribution in [2.75, 3.05) is 13.6 Å². The summed E-state index contributed by atoms with van der Waals surface area (Å²) in [5.41, 5.74) is 1.49. The summed E-state index contributed by atoms with van der Waals surface area (Å²) in [6.45, 7) is 3.30. The lowest BCUT2D eigenvalue weighted by molar-refractivity contribution is 0.763. The van der Waals surface area contributed by atoms with Gasteiger partial charge in [0.25, 0.3) is 0 Å². The van der Waals surface area contributed by atoms with Crippen molar-refractivity contribution in [1.82, 2.24) is 5.32 Å². The lowest BCUT2D eigenvalue weighted by atomic mass is 10.0. The topological polar surface area (TPSA) is 12.0 Å². The smallest absolute Gasteiger partial charge is 0.00147 e. The second-order valence-corrected chi connectivity index (χ2v) is 3.90. The zero-order valence-electron chi connectivity index (χ0n) is 9.29. The molecule has 0 saturated carbocycles. The molecule has 0 fully saturated rings. The van der Waals surface area contributed by atoms with Gasteiger partial charge in [-0.05, 0) is 45.7 Å². The van der Waals surface area contributed by atoms with Crippen LogP contribution in [0.25, 0.3) is 0 Å². The molecule has 0 aromatic carbocycles. The van der Waals surface area contributed by atoms with E-state index in [0.717, 1.165) is 25.8 Å². The summed E-state index contributed by atoms with van der Waals surface area (Å²) in [5, 5.41) is 3.18. The molecule has 1 unspecified atom stereocenters. The fourth-order valence-electron chi connectivity index (χ4n) is 1.65. The fourth-order valence-corrected chi connectivity index (χ4v) is 1.65. The van der Waals surface area contributed by atoms with Crippen molar-refractivity contribution in [3.63, 3.8) is 0 Å². The van der Waals surface area contributed by atoms with Crippen LogP contribution in [0.15, 0.2) is 36.0 Å². The molecule has 0 bridgehead atoms. The van der Waals surface area contributed by atoms with E-state index in [0.29, 0.717) is 5.92 Å². The minimum atomic E-state index is 0.616. The predicted molar refractivity (Wildman–Crippen MR) is 63.3 cm³/mol. The minimum Gasteiger partial charge on any atom is -0.319 e. The molecular weight excluding hydrogens is 170 g/mol. The molecule has 1 heteroatoms. The third kappa shape index (κ3) is 4.43. The van der Waals surface area contributed by atoms with Crippen LogP contribution in [-0.4, -0.2) is 13.6 Å². The maximum absolute atomic E-state index is 3.18. The number of allylic oxidation sites excluding steroid dienone is 5. The molecule has 0 aromatic heterocycles. The van der Waals surface area contributed by atoms with Crippen LogP contribution >= 0.6 is 0 Å². The van der Waals surface area contributed by atoms with E-state index in [1.165, 1.54) is 5.57 Å². The largest absolute Gasteiger partial charge is 0.319 e. The molecule has 1 N–H and O–H groups in total. The monoisotopic (exact) mass is 191 g/mol. The first-order valence-corrected chi connectivity index (χ1v) is 5.46. The van der Waals surface area contributed by atoms with Gasteiger partial charge in [0.2, 0.25) is 0 Å². The number of hydrogen-bond donors (Lipinski definition) is 1. The van der Waals surface area contributed by atoms with Crippen LogP contribution in [0, 0.1) is 5.92 Å². The summed E-state index contributed by atoms with van der Waals surface area (Å²) in [6, 6.07) is 0. The van der Waals surface area contributed by atoms with Gasteiger partial charge in [-0.3, -0.25) is 0 Å². The van der Waals surface area contributed by atoms with Crippen molar-refractivity contribution in [2.45, 2.75) is 26.2 Å². The van der Waals surface area contributed by atoms with Crippen LogP contribution in [0.2, 0.25) is 0 Å². The summed E-state index contributed by atoms with van der Waals surface area (Å²) < 4.78 is 0. The SMILES string of the molecule is CNCC/C(C)=C\C1C=CCC=CC1. The molecule has 0 spiro atoms. The van der Waals surface area contributed by atoms with Crippen molar-refractivity contribution >= 4 is 0 Å². The summed E-state index contributed by atoms with van der Waals surface area (Å²) in [6.07, 6.45) is 14.9. The van der Waals surface area contributed by atoms with Gasteiger partial charge < -0.3 is 5.32 Å². The first-order chi connectivity index (χ1) is 6.83. The standard InChI is InChI=1S/C13H21N/c1-12(9-10-14-2)11-13-7-5-3-4-6-8-13/h3,5-6,8,11,13-14H,4,7,9-10H2,1-2H3/b12-11-. The summed E-state index contributed by atoms with van der Waals surface area (Å²) >= 11 is 0. The van der Waals surface area contributed by atoms with E-state index in [1.54, 1.807) is 0 Å². The molecule has 0 aliphatic heterocycles. The zero-order valence-corrected chi connectivity index (χ0v) is 9.29. The molecule has 0 heterocycles. The molecule has 1 aliphatic carbocycles. The van der Waals surface area contributed by atoms with Crippen molar-refractivity contribution in [2.24, 2.45) is 5.92 Å². The van der Waals surface area contributed by atoms with E-state index in [1.807, 2.05) is 7.05 Å². The van der Waals surface area contributed by atoms with Crippen LogP contribution in [0.5, 0.6) is 0 Å². The maximum atomic E-state index is 3.18. The molecular formula is C13H21N. The molecule has 1 rings (SSSR count). The van der Waals surface area contributed by atoms with Gasteiger partial charge in [0.15, 0.2) is 0 Å². The van der Waals surface area contributed by atoms with Gasteiger partial charge in [0, 0.05) is 0 Å². The van der Waals surface area contributed by atoms with Crippen LogP contribution in [0.4, 0.5) is 0 Å². The lowest BCUT2D eigenvalue weighted by Gasteiger charge is -2.06. The Balaban J connectivity index is 2.43. The van der Waals surface area contributed by atoms with Gasteiger partial charge in [-0.2, -0.15) is 0 Å². The Morgan fingerprint density at radius 2 is 2.29 bits per heavy atom. The molecule has 0 radical (unpaired) electrons. The van der Waals surface area contributed by atoms with Gasteiger partial charge in [0.05, 0.1) is 0 Å². The molecule has 1 aliphatic rings. The average Bonchev–Trinajstić information content (AvgIpc) is 2.43. The van der Waals surface area contributed by atoms with E-state index in [2.05, 4.69) is 42.6 Å². The highest BCUT2D eigenvalue weighted by atomic mass is 14.8. The van der Waals surface area contributed by atoms with Gasteiger partial charge in [-0.25, -0.2) is 0 Å². The summed E-state index contributed by atoms with van der Waals surface area (Å²) in [7, 11) is 2.00. The van der Waals surface area contributed by atoms with E-state index in [-0.39, 0.29) is 0 Å². The van der Waals surface area contributed by atoms with Gasteiger partial charge in [0.1, 0.15) is 0 Å². The number of nitrogens with one attached hydrogen (secondary N) is 1. The van der Waals surface area contributed by atoms with E-state index in [9.17, 15) is 0 Å². The second kappa shape index (κ2) is 6.61. The van der Waals surface area contributed by atoms with E-state index < -0.39 is 0 Å². The van der Waals surface area contributed by atoms with Crippen LogP contribution < -0.4 is 5.32 Å². The number of rotatable bonds is 4. The molecule has 0 aromatic rings. The Labute approximate surface area is 87.6 Å². The highest BCUT2D eigenvalue weighted by Gasteiger charge is 2.01. The minimum absolute atomic E-state index is 0.616. The lowest BCUT2D eigenvalue weighted by Crippen LogP contribution is -2.08. The van der Waals surface area contributed by atoms with Crippen LogP contribution in [0.1, 0.15) is 26.2 Å². The van der Waals surface area contributed by atoms with Crippen molar-refractivity contribution in [1.29, 1.82) is 0 Å². The highest BCUT2D eigenvalue weighted by Crippen LogP contribution is 2.15. The van der Waals surface area contributed by atoms with Crippen molar-refractivity contribution in [3.05, 3.63) is 36.0 Å². The zero-order chi connectivity index (χ0) is 10.2. The van der Waals surface area contributed by atoms with E-state index in [4.69, 9.17) is 0 Å². The van der Waals surface area contributed by atoms with Crippen molar-refractivity contribution < 1.29 is 0 Å². The summed E-state index contributed by atoms with van der Waals surface area (Å²) in [5.74, 6) is 0.616. The number of hydrogen-bond acceptors (Lipinski definition) is 1. The normalized spacial score (nSPS) is 22.4. The Bertz CT molecular complexity index is 236. The quantitative estimate of drug-likeness (QED) is 0.673. The second-order valence-electron chi connectivity index (χ2n) is 3.90. The Morgan fingerprint density at radius 1 is 1.43 bits per heavy atom. The first kappa shape index (κ1) is 11.3. The van der Waals surface area contributed by atoms with Crippen LogP contribution in [-0.2, 0) is 0 Å². The predicted octanol–water partition coefficient (Wildman–Crippen LogP) is 3.06. The molecule has 1 atom stereocenters. The average molecular weight is 191 g/mol. The highest BCUT2D eigenvalue weighted by molar-refractivity contribution is 5.12. The molecule has 78 valence electrons. The van der Waals surface area contributed by atoms with Crippen molar-refractivity contribution in [3.8, 4) is 0 Å². The molecule has 0 saturated heterocycles. The van der Waals surface area contributed by atoms with Gasteiger partial charge >= 0.3 is 0 Å². The third-order valence-electron chi connectivity index (χ3n) is 2.50. The van der Waals surface area contributed by atoms with E-state index >= 15 is 0 Å². The Hall–Kier alpha value is -0.820. The van der Waals surface area contributed by atoms with Gasteiger partial charge in [-0.15, -0.1) is 0 Å². The Kier molecular flexibility index (Phi) is 5.31. The Morgan fingerprint density at radius 3 is 3.07 bits per heavy atom. The maximum Gasteiger partial charge on any atom is -0.00147 e. The molecule has 0 amide bonds. The third-order valence-corrected chi connectivity index (χ3v) is 2.50. The fraction of sp³-hybridized carbons (Fsp3) is 0.538.